The first-order valence-corrected chi connectivity index (χ1v) is 9.37. The van der Waals surface area contributed by atoms with Crippen molar-refractivity contribution in [3.8, 4) is 5.75 Å². The zero-order chi connectivity index (χ0) is 20.8. The van der Waals surface area contributed by atoms with Gasteiger partial charge < -0.3 is 15.2 Å². The smallest absolute Gasteiger partial charge is 0.342 e. The van der Waals surface area contributed by atoms with Gasteiger partial charge in [0, 0.05) is 0 Å². The molecule has 3 aromatic rings. The Bertz CT molecular complexity index is 947. The first-order valence-electron chi connectivity index (χ1n) is 9.37. The second kappa shape index (κ2) is 9.06. The van der Waals surface area contributed by atoms with Crippen LogP contribution in [0.3, 0.4) is 0 Å². The number of nitrogens with one attached hydrogen (secondary N) is 1. The number of carbonyl (C=O) groups is 2. The van der Waals surface area contributed by atoms with Crippen LogP contribution in [0.15, 0.2) is 78.9 Å². The van der Waals surface area contributed by atoms with E-state index in [-0.39, 0.29) is 17.4 Å². The van der Waals surface area contributed by atoms with Crippen LogP contribution in [0.4, 0.5) is 0 Å². The van der Waals surface area contributed by atoms with E-state index in [0.717, 1.165) is 11.1 Å². The average Bonchev–Trinajstić information content (AvgIpc) is 2.74. The molecule has 5 heteroatoms. The normalized spacial score (nSPS) is 11.7. The van der Waals surface area contributed by atoms with Crippen LogP contribution in [0.25, 0.3) is 0 Å². The summed E-state index contributed by atoms with van der Waals surface area (Å²) < 4.78 is 5.30. The van der Waals surface area contributed by atoms with Crippen molar-refractivity contribution in [3.05, 3.63) is 101 Å². The van der Waals surface area contributed by atoms with Gasteiger partial charge in [-0.25, -0.2) is 4.79 Å². The quantitative estimate of drug-likeness (QED) is 0.621. The van der Waals surface area contributed by atoms with Crippen LogP contribution in [0.1, 0.15) is 40.0 Å². The summed E-state index contributed by atoms with van der Waals surface area (Å²) in [4.78, 5) is 25.2. The van der Waals surface area contributed by atoms with E-state index >= 15 is 0 Å². The third-order valence-corrected chi connectivity index (χ3v) is 4.66. The summed E-state index contributed by atoms with van der Waals surface area (Å²) in [5, 5.41) is 13.0. The summed E-state index contributed by atoms with van der Waals surface area (Å²) in [5.74, 6) is -1.32. The molecule has 2 N–H and O–H groups in total. The van der Waals surface area contributed by atoms with Gasteiger partial charge in [0.2, 0.25) is 0 Å². The van der Waals surface area contributed by atoms with Crippen molar-refractivity contribution in [2.45, 2.75) is 26.0 Å². The van der Waals surface area contributed by atoms with Crippen molar-refractivity contribution >= 4 is 11.9 Å². The zero-order valence-corrected chi connectivity index (χ0v) is 16.3. The topological polar surface area (TPSA) is 75.6 Å². The lowest BCUT2D eigenvalue weighted by molar-refractivity contribution is -0.129. The molecule has 3 rings (SSSR count). The van der Waals surface area contributed by atoms with Crippen LogP contribution in [0, 0.1) is 6.92 Å². The maximum Gasteiger partial charge on any atom is 0.342 e. The Hall–Kier alpha value is -3.60. The van der Waals surface area contributed by atoms with E-state index in [1.165, 1.54) is 13.0 Å². The largest absolute Gasteiger partial charge is 0.507 e. The molecule has 0 fully saturated rings. The van der Waals surface area contributed by atoms with Crippen LogP contribution in [-0.2, 0) is 9.53 Å². The first-order chi connectivity index (χ1) is 14.0. The summed E-state index contributed by atoms with van der Waals surface area (Å²) in [6, 6.07) is 23.6. The number of aryl methyl sites for hydroxylation is 1. The van der Waals surface area contributed by atoms with Crippen molar-refractivity contribution < 1.29 is 19.4 Å². The molecule has 1 atom stereocenters. The van der Waals surface area contributed by atoms with E-state index in [0.29, 0.717) is 5.56 Å². The Kier molecular flexibility index (Phi) is 6.29. The number of hydrogen-bond donors (Lipinski definition) is 2. The molecule has 0 spiro atoms. The number of ether oxygens (including phenoxy) is 1. The minimum Gasteiger partial charge on any atom is -0.507 e. The molecule has 0 aliphatic heterocycles. The number of phenolic OH excluding ortho intramolecular Hbond substituents is 1. The monoisotopic (exact) mass is 389 g/mol. The lowest BCUT2D eigenvalue weighted by Gasteiger charge is -2.22. The van der Waals surface area contributed by atoms with E-state index < -0.39 is 18.0 Å². The minimum atomic E-state index is -1.03. The molecule has 0 saturated heterocycles. The minimum absolute atomic E-state index is 0.0346. The standard InChI is InChI=1S/C24H23NO4/c1-16-10-9-15-20(22(16)26)24(28)29-17(2)23(27)25-21(18-11-5-3-6-12-18)19-13-7-4-8-14-19/h3-15,17,21,26H,1-2H3,(H,25,27). The molecule has 5 nitrogen and oxygen atoms in total. The van der Waals surface area contributed by atoms with Gasteiger partial charge in [-0.1, -0.05) is 72.8 Å². The average molecular weight is 389 g/mol. The van der Waals surface area contributed by atoms with Crippen molar-refractivity contribution in [1.82, 2.24) is 5.32 Å². The highest BCUT2D eigenvalue weighted by Crippen LogP contribution is 2.24. The van der Waals surface area contributed by atoms with Gasteiger partial charge in [0.15, 0.2) is 6.10 Å². The molecule has 29 heavy (non-hydrogen) atoms. The summed E-state index contributed by atoms with van der Waals surface area (Å²) in [7, 11) is 0. The molecule has 0 bridgehead atoms. The maximum atomic E-state index is 12.8. The van der Waals surface area contributed by atoms with Gasteiger partial charge in [0.25, 0.3) is 5.91 Å². The number of carbonyl (C=O) groups excluding carboxylic acids is 2. The van der Waals surface area contributed by atoms with Crippen LogP contribution < -0.4 is 5.32 Å². The van der Waals surface area contributed by atoms with Crippen molar-refractivity contribution in [2.24, 2.45) is 0 Å². The van der Waals surface area contributed by atoms with E-state index in [1.54, 1.807) is 19.1 Å². The fourth-order valence-corrected chi connectivity index (χ4v) is 3.01. The Morgan fingerprint density at radius 3 is 1.97 bits per heavy atom. The lowest BCUT2D eigenvalue weighted by Crippen LogP contribution is -2.38. The van der Waals surface area contributed by atoms with Crippen molar-refractivity contribution in [3.63, 3.8) is 0 Å². The van der Waals surface area contributed by atoms with E-state index in [9.17, 15) is 14.7 Å². The molecular formula is C24H23NO4. The summed E-state index contributed by atoms with van der Waals surface area (Å²) in [5.41, 5.74) is 2.43. The Labute approximate surface area is 170 Å². The van der Waals surface area contributed by atoms with Gasteiger partial charge in [0.05, 0.1) is 6.04 Å². The van der Waals surface area contributed by atoms with Gasteiger partial charge in [-0.2, -0.15) is 0 Å². The highest BCUT2D eigenvalue weighted by molar-refractivity contribution is 5.95. The van der Waals surface area contributed by atoms with E-state index in [2.05, 4.69) is 5.32 Å². The number of phenols is 1. The molecule has 148 valence electrons. The van der Waals surface area contributed by atoms with Gasteiger partial charge in [-0.3, -0.25) is 4.79 Å². The van der Waals surface area contributed by atoms with E-state index in [4.69, 9.17) is 4.74 Å². The van der Waals surface area contributed by atoms with Crippen molar-refractivity contribution in [2.75, 3.05) is 0 Å². The molecular weight excluding hydrogens is 366 g/mol. The summed E-state index contributed by atoms with van der Waals surface area (Å²) in [6.45, 7) is 3.19. The number of para-hydroxylation sites is 1. The van der Waals surface area contributed by atoms with Crippen LogP contribution in [0.2, 0.25) is 0 Å². The molecule has 1 unspecified atom stereocenters. The number of hydrogen-bond acceptors (Lipinski definition) is 4. The third kappa shape index (κ3) is 4.82. The molecule has 0 radical (unpaired) electrons. The Morgan fingerprint density at radius 2 is 1.41 bits per heavy atom. The second-order valence-corrected chi connectivity index (χ2v) is 6.78. The van der Waals surface area contributed by atoms with Gasteiger partial charge in [-0.05, 0) is 36.6 Å². The first kappa shape index (κ1) is 20.1. The lowest BCUT2D eigenvalue weighted by atomic mass is 9.98. The molecule has 0 aromatic heterocycles. The Balaban J connectivity index is 1.75. The fraction of sp³-hybridized carbons (Fsp3) is 0.167. The van der Waals surface area contributed by atoms with Crippen LogP contribution in [-0.4, -0.2) is 23.1 Å². The Morgan fingerprint density at radius 1 is 0.862 bits per heavy atom. The summed E-state index contributed by atoms with van der Waals surface area (Å²) in [6.07, 6.45) is -1.03. The van der Waals surface area contributed by atoms with Crippen LogP contribution >= 0.6 is 0 Å². The molecule has 0 heterocycles. The molecule has 1 amide bonds. The number of rotatable bonds is 6. The molecule has 0 saturated carbocycles. The molecule has 0 aliphatic rings. The number of aromatic hydroxyl groups is 1. The van der Waals surface area contributed by atoms with Crippen molar-refractivity contribution in [1.29, 1.82) is 0 Å². The highest BCUT2D eigenvalue weighted by atomic mass is 16.5. The number of benzene rings is 3. The van der Waals surface area contributed by atoms with E-state index in [1.807, 2.05) is 60.7 Å². The maximum absolute atomic E-state index is 12.8. The SMILES string of the molecule is Cc1cccc(C(=O)OC(C)C(=O)NC(c2ccccc2)c2ccccc2)c1O. The predicted molar refractivity (Wildman–Crippen MR) is 111 cm³/mol. The fourth-order valence-electron chi connectivity index (χ4n) is 3.01. The number of amides is 1. The van der Waals surface area contributed by atoms with Gasteiger partial charge in [0.1, 0.15) is 11.3 Å². The molecule has 0 aliphatic carbocycles. The predicted octanol–water partition coefficient (Wildman–Crippen LogP) is 4.15. The third-order valence-electron chi connectivity index (χ3n) is 4.66. The zero-order valence-electron chi connectivity index (χ0n) is 16.3. The summed E-state index contributed by atoms with van der Waals surface area (Å²) >= 11 is 0. The van der Waals surface area contributed by atoms with Crippen LogP contribution in [0.5, 0.6) is 5.75 Å². The molecule has 3 aromatic carbocycles. The number of esters is 1. The second-order valence-electron chi connectivity index (χ2n) is 6.78. The van der Waals surface area contributed by atoms with Gasteiger partial charge >= 0.3 is 5.97 Å². The highest BCUT2D eigenvalue weighted by Gasteiger charge is 2.24. The van der Waals surface area contributed by atoms with Gasteiger partial charge in [-0.15, -0.1) is 0 Å².